The van der Waals surface area contributed by atoms with E-state index in [0.717, 1.165) is 12.8 Å². The van der Waals surface area contributed by atoms with Crippen molar-refractivity contribution in [2.24, 2.45) is 0 Å². The lowest BCUT2D eigenvalue weighted by molar-refractivity contribution is -0.0742. The molecular weight excluding hydrogens is 216 g/mol. The Hall–Kier alpha value is -1.19. The zero-order valence-corrected chi connectivity index (χ0v) is 10.4. The number of Topliss-reactive ketones (excluding diaryl/α,β-unsaturated/α-hetero) is 1. The van der Waals surface area contributed by atoms with Crippen molar-refractivity contribution in [3.63, 3.8) is 0 Å². The lowest BCUT2D eigenvalue weighted by Gasteiger charge is -2.17. The fourth-order valence-electron chi connectivity index (χ4n) is 2.33. The van der Waals surface area contributed by atoms with Crippen molar-refractivity contribution in [1.29, 1.82) is 0 Å². The highest BCUT2D eigenvalue weighted by molar-refractivity contribution is 5.98. The van der Waals surface area contributed by atoms with Crippen LogP contribution in [0, 0.1) is 0 Å². The van der Waals surface area contributed by atoms with Gasteiger partial charge >= 0.3 is 0 Å². The maximum Gasteiger partial charge on any atom is 0.222 e. The highest BCUT2D eigenvalue weighted by Gasteiger charge is 2.20. The first-order chi connectivity index (χ1) is 8.26. The summed E-state index contributed by atoms with van der Waals surface area (Å²) in [5, 5.41) is 0. The van der Waals surface area contributed by atoms with Crippen molar-refractivity contribution < 1.29 is 14.3 Å². The number of ketones is 1. The predicted octanol–water partition coefficient (Wildman–Crippen LogP) is 2.37. The molecule has 0 N–H and O–H groups in total. The summed E-state index contributed by atoms with van der Waals surface area (Å²) in [6.45, 7) is 0. The van der Waals surface area contributed by atoms with Gasteiger partial charge in [0.05, 0.1) is 0 Å². The average Bonchev–Trinajstić information content (AvgIpc) is 2.39. The SMILES string of the molecule is COC(OC)C(=O)c1ccc2c(c1)CCCC2. The monoisotopic (exact) mass is 234 g/mol. The molecule has 1 aromatic carbocycles. The largest absolute Gasteiger partial charge is 0.349 e. The Bertz CT molecular complexity index is 408. The van der Waals surface area contributed by atoms with Crippen LogP contribution in [0.15, 0.2) is 18.2 Å². The normalized spacial score (nSPS) is 14.8. The van der Waals surface area contributed by atoms with Gasteiger partial charge in [0.25, 0.3) is 0 Å². The second-order valence-electron chi connectivity index (χ2n) is 4.36. The summed E-state index contributed by atoms with van der Waals surface area (Å²) < 4.78 is 9.98. The first kappa shape index (κ1) is 12.3. The van der Waals surface area contributed by atoms with Crippen molar-refractivity contribution in [2.45, 2.75) is 32.0 Å². The fraction of sp³-hybridized carbons (Fsp3) is 0.500. The molecule has 2 rings (SSSR count). The van der Waals surface area contributed by atoms with E-state index in [-0.39, 0.29) is 5.78 Å². The maximum absolute atomic E-state index is 12.0. The topological polar surface area (TPSA) is 35.5 Å². The first-order valence-electron chi connectivity index (χ1n) is 5.98. The highest BCUT2D eigenvalue weighted by atomic mass is 16.7. The minimum Gasteiger partial charge on any atom is -0.349 e. The molecule has 0 atom stereocenters. The van der Waals surface area contributed by atoms with Gasteiger partial charge in [-0.05, 0) is 42.9 Å². The van der Waals surface area contributed by atoms with Gasteiger partial charge in [-0.1, -0.05) is 12.1 Å². The number of benzene rings is 1. The molecule has 0 fully saturated rings. The van der Waals surface area contributed by atoms with Crippen LogP contribution in [-0.4, -0.2) is 26.3 Å². The third kappa shape index (κ3) is 2.56. The molecule has 92 valence electrons. The van der Waals surface area contributed by atoms with Crippen LogP contribution in [0.2, 0.25) is 0 Å². The van der Waals surface area contributed by atoms with Gasteiger partial charge in [-0.2, -0.15) is 0 Å². The second-order valence-corrected chi connectivity index (χ2v) is 4.36. The van der Waals surface area contributed by atoms with E-state index in [0.29, 0.717) is 5.56 Å². The summed E-state index contributed by atoms with van der Waals surface area (Å²) in [6, 6.07) is 5.92. The molecule has 0 radical (unpaired) electrons. The summed E-state index contributed by atoms with van der Waals surface area (Å²) in [5.74, 6) is -0.108. The van der Waals surface area contributed by atoms with Crippen LogP contribution in [0.5, 0.6) is 0 Å². The summed E-state index contributed by atoms with van der Waals surface area (Å²) in [6.07, 6.45) is 3.86. The number of methoxy groups -OCH3 is 2. The average molecular weight is 234 g/mol. The highest BCUT2D eigenvalue weighted by Crippen LogP contribution is 2.23. The molecule has 0 unspecified atom stereocenters. The van der Waals surface area contributed by atoms with Crippen LogP contribution in [0.25, 0.3) is 0 Å². The molecule has 1 aliphatic carbocycles. The summed E-state index contributed by atoms with van der Waals surface area (Å²) in [5.41, 5.74) is 3.35. The minimum atomic E-state index is -0.795. The van der Waals surface area contributed by atoms with Crippen LogP contribution >= 0.6 is 0 Å². The van der Waals surface area contributed by atoms with Crippen LogP contribution in [0.3, 0.4) is 0 Å². The molecule has 3 heteroatoms. The molecule has 1 aliphatic rings. The van der Waals surface area contributed by atoms with E-state index in [1.54, 1.807) is 0 Å². The summed E-state index contributed by atoms with van der Waals surface area (Å²) in [4.78, 5) is 12.0. The Morgan fingerprint density at radius 2 is 1.76 bits per heavy atom. The van der Waals surface area contributed by atoms with Crippen molar-refractivity contribution in [1.82, 2.24) is 0 Å². The Morgan fingerprint density at radius 3 is 2.41 bits per heavy atom. The predicted molar refractivity (Wildman–Crippen MR) is 65.2 cm³/mol. The van der Waals surface area contributed by atoms with E-state index in [1.165, 1.54) is 38.2 Å². The standard InChI is InChI=1S/C14H18O3/c1-16-14(17-2)13(15)12-8-7-10-5-3-4-6-11(10)9-12/h7-9,14H,3-6H2,1-2H3. The van der Waals surface area contributed by atoms with E-state index < -0.39 is 6.29 Å². The Balaban J connectivity index is 2.24. The molecule has 0 aliphatic heterocycles. The molecule has 0 bridgehead atoms. The minimum absolute atomic E-state index is 0.108. The van der Waals surface area contributed by atoms with E-state index in [1.807, 2.05) is 12.1 Å². The number of carbonyl (C=O) groups excluding carboxylic acids is 1. The van der Waals surface area contributed by atoms with E-state index in [9.17, 15) is 4.79 Å². The van der Waals surface area contributed by atoms with Crippen LogP contribution < -0.4 is 0 Å². The second kappa shape index (κ2) is 5.43. The molecule has 0 saturated carbocycles. The fourth-order valence-corrected chi connectivity index (χ4v) is 2.33. The van der Waals surface area contributed by atoms with Crippen LogP contribution in [-0.2, 0) is 22.3 Å². The summed E-state index contributed by atoms with van der Waals surface area (Å²) in [7, 11) is 2.95. The third-order valence-electron chi connectivity index (χ3n) is 3.28. The number of aryl methyl sites for hydroxylation is 2. The van der Waals surface area contributed by atoms with Gasteiger partial charge in [0.15, 0.2) is 0 Å². The smallest absolute Gasteiger partial charge is 0.222 e. The van der Waals surface area contributed by atoms with Crippen LogP contribution in [0.4, 0.5) is 0 Å². The molecular formula is C14H18O3. The molecule has 17 heavy (non-hydrogen) atoms. The van der Waals surface area contributed by atoms with Gasteiger partial charge in [-0.15, -0.1) is 0 Å². The first-order valence-corrected chi connectivity index (χ1v) is 5.98. The number of rotatable bonds is 4. The molecule has 1 aromatic rings. The number of fused-ring (bicyclic) bond motifs is 1. The molecule has 0 saturated heterocycles. The van der Waals surface area contributed by atoms with Crippen LogP contribution in [0.1, 0.15) is 34.3 Å². The molecule has 0 aromatic heterocycles. The number of carbonyl (C=O) groups is 1. The quantitative estimate of drug-likeness (QED) is 0.592. The van der Waals surface area contributed by atoms with Crippen molar-refractivity contribution >= 4 is 5.78 Å². The number of hydrogen-bond donors (Lipinski definition) is 0. The number of ether oxygens (including phenoxy) is 2. The van der Waals surface area contributed by atoms with Gasteiger partial charge in [0.1, 0.15) is 0 Å². The van der Waals surface area contributed by atoms with Crippen molar-refractivity contribution in [3.05, 3.63) is 34.9 Å². The Kier molecular flexibility index (Phi) is 3.92. The van der Waals surface area contributed by atoms with Crippen molar-refractivity contribution in [3.8, 4) is 0 Å². The zero-order chi connectivity index (χ0) is 12.3. The maximum atomic E-state index is 12.0. The molecule has 0 spiro atoms. The summed E-state index contributed by atoms with van der Waals surface area (Å²) >= 11 is 0. The lowest BCUT2D eigenvalue weighted by Crippen LogP contribution is -2.25. The molecule has 0 amide bonds. The van der Waals surface area contributed by atoms with E-state index in [2.05, 4.69) is 6.07 Å². The lowest BCUT2D eigenvalue weighted by atomic mass is 9.90. The molecule has 3 nitrogen and oxygen atoms in total. The van der Waals surface area contributed by atoms with Gasteiger partial charge < -0.3 is 9.47 Å². The van der Waals surface area contributed by atoms with Gasteiger partial charge in [0, 0.05) is 19.8 Å². The van der Waals surface area contributed by atoms with Crippen molar-refractivity contribution in [2.75, 3.05) is 14.2 Å². The third-order valence-corrected chi connectivity index (χ3v) is 3.28. The van der Waals surface area contributed by atoms with Gasteiger partial charge in [0.2, 0.25) is 12.1 Å². The van der Waals surface area contributed by atoms with Gasteiger partial charge in [-0.3, -0.25) is 4.79 Å². The molecule has 0 heterocycles. The van der Waals surface area contributed by atoms with Gasteiger partial charge in [-0.25, -0.2) is 0 Å². The Morgan fingerprint density at radius 1 is 1.12 bits per heavy atom. The van der Waals surface area contributed by atoms with E-state index in [4.69, 9.17) is 9.47 Å². The van der Waals surface area contributed by atoms with E-state index >= 15 is 0 Å². The number of hydrogen-bond acceptors (Lipinski definition) is 3. The zero-order valence-electron chi connectivity index (χ0n) is 10.4. The Labute approximate surface area is 102 Å².